The second-order valence-corrected chi connectivity index (χ2v) is 2.67. The first-order chi connectivity index (χ1) is 6.99. The van der Waals surface area contributed by atoms with Crippen molar-refractivity contribution in [3.63, 3.8) is 0 Å². The van der Waals surface area contributed by atoms with Crippen molar-refractivity contribution in [2.75, 3.05) is 12.3 Å². The number of halogens is 3. The zero-order valence-electron chi connectivity index (χ0n) is 7.81. The molecule has 0 aliphatic rings. The Morgan fingerprint density at radius 1 is 1.40 bits per heavy atom. The van der Waals surface area contributed by atoms with Crippen molar-refractivity contribution in [2.24, 2.45) is 0 Å². The Hall–Kier alpha value is -1.72. The zero-order valence-corrected chi connectivity index (χ0v) is 7.81. The highest BCUT2D eigenvalue weighted by Gasteiger charge is 2.24. The largest absolute Gasteiger partial charge is 0.462 e. The third-order valence-corrected chi connectivity index (χ3v) is 1.66. The minimum Gasteiger partial charge on any atom is -0.462 e. The van der Waals surface area contributed by atoms with Crippen LogP contribution in [0.3, 0.4) is 0 Å². The summed E-state index contributed by atoms with van der Waals surface area (Å²) in [4.78, 5) is 11.1. The van der Waals surface area contributed by atoms with E-state index < -0.39 is 34.7 Å². The zero-order chi connectivity index (χ0) is 11.6. The van der Waals surface area contributed by atoms with Gasteiger partial charge in [-0.15, -0.1) is 0 Å². The Labute approximate surface area is 83.6 Å². The molecule has 0 bridgehead atoms. The average molecular weight is 219 g/mol. The summed E-state index contributed by atoms with van der Waals surface area (Å²) < 4.78 is 43.4. The highest BCUT2D eigenvalue weighted by atomic mass is 19.2. The van der Waals surface area contributed by atoms with Gasteiger partial charge in [-0.3, -0.25) is 0 Å². The lowest BCUT2D eigenvalue weighted by atomic mass is 10.1. The maximum Gasteiger partial charge on any atom is 0.344 e. The Balaban J connectivity index is 3.32. The van der Waals surface area contributed by atoms with Crippen molar-refractivity contribution in [1.82, 2.24) is 0 Å². The van der Waals surface area contributed by atoms with Gasteiger partial charge in [0, 0.05) is 6.07 Å². The summed E-state index contributed by atoms with van der Waals surface area (Å²) in [6.45, 7) is 1.38. The minimum absolute atomic E-state index is 0.0753. The van der Waals surface area contributed by atoms with Crippen LogP contribution in [0.5, 0.6) is 0 Å². The number of nitrogen functional groups attached to an aromatic ring is 1. The van der Waals surface area contributed by atoms with E-state index in [1.54, 1.807) is 0 Å². The smallest absolute Gasteiger partial charge is 0.344 e. The second kappa shape index (κ2) is 4.20. The summed E-state index contributed by atoms with van der Waals surface area (Å²) in [6.07, 6.45) is 0. The van der Waals surface area contributed by atoms with Crippen molar-refractivity contribution in [1.29, 1.82) is 0 Å². The summed E-state index contributed by atoms with van der Waals surface area (Å²) in [5.41, 5.74) is 3.29. The van der Waals surface area contributed by atoms with Crippen LogP contribution in [0.4, 0.5) is 18.9 Å². The molecular weight excluding hydrogens is 211 g/mol. The van der Waals surface area contributed by atoms with Gasteiger partial charge >= 0.3 is 5.97 Å². The summed E-state index contributed by atoms with van der Waals surface area (Å²) >= 11 is 0. The molecule has 2 N–H and O–H groups in total. The van der Waals surface area contributed by atoms with Crippen molar-refractivity contribution in [2.45, 2.75) is 6.92 Å². The number of nitrogens with two attached hydrogens (primary N) is 1. The number of hydrogen-bond acceptors (Lipinski definition) is 3. The molecule has 6 heteroatoms. The first-order valence-electron chi connectivity index (χ1n) is 4.09. The molecule has 0 atom stereocenters. The van der Waals surface area contributed by atoms with Gasteiger partial charge in [0.1, 0.15) is 5.56 Å². The van der Waals surface area contributed by atoms with E-state index in [2.05, 4.69) is 4.74 Å². The van der Waals surface area contributed by atoms with Gasteiger partial charge < -0.3 is 10.5 Å². The molecule has 1 rings (SSSR count). The van der Waals surface area contributed by atoms with E-state index in [0.29, 0.717) is 6.07 Å². The van der Waals surface area contributed by atoms with Gasteiger partial charge in [-0.1, -0.05) is 0 Å². The normalized spacial score (nSPS) is 10.1. The second-order valence-electron chi connectivity index (χ2n) is 2.67. The van der Waals surface area contributed by atoms with Crippen molar-refractivity contribution < 1.29 is 22.7 Å². The SMILES string of the molecule is CCOC(=O)c1c(F)c(N)cc(F)c1F. The molecule has 1 aromatic carbocycles. The first kappa shape index (κ1) is 11.4. The molecule has 15 heavy (non-hydrogen) atoms. The standard InChI is InChI=1S/C9H8F3NO2/c1-2-15-9(14)6-7(11)4(10)3-5(13)8(6)12/h3H,2,13H2,1H3. The highest BCUT2D eigenvalue weighted by molar-refractivity contribution is 5.91. The first-order valence-corrected chi connectivity index (χ1v) is 4.09. The number of carbonyl (C=O) groups is 1. The average Bonchev–Trinajstić information content (AvgIpc) is 2.16. The molecular formula is C9H8F3NO2. The van der Waals surface area contributed by atoms with E-state index in [0.717, 1.165) is 0 Å². The summed E-state index contributed by atoms with van der Waals surface area (Å²) in [5.74, 6) is -5.58. The molecule has 0 heterocycles. The molecule has 0 aliphatic carbocycles. The van der Waals surface area contributed by atoms with Gasteiger partial charge in [-0.05, 0) is 6.92 Å². The fourth-order valence-electron chi connectivity index (χ4n) is 1.01. The van der Waals surface area contributed by atoms with E-state index in [9.17, 15) is 18.0 Å². The third kappa shape index (κ3) is 2.03. The van der Waals surface area contributed by atoms with Gasteiger partial charge in [0.15, 0.2) is 17.5 Å². The molecule has 0 spiro atoms. The summed E-state index contributed by atoms with van der Waals surface area (Å²) in [5, 5.41) is 0. The van der Waals surface area contributed by atoms with Gasteiger partial charge in [0.25, 0.3) is 0 Å². The molecule has 0 radical (unpaired) electrons. The molecule has 0 unspecified atom stereocenters. The molecule has 82 valence electrons. The molecule has 0 fully saturated rings. The van der Waals surface area contributed by atoms with Crippen LogP contribution >= 0.6 is 0 Å². The van der Waals surface area contributed by atoms with Crippen LogP contribution < -0.4 is 5.73 Å². The maximum absolute atomic E-state index is 13.2. The van der Waals surface area contributed by atoms with Crippen molar-refractivity contribution in [3.8, 4) is 0 Å². The number of benzene rings is 1. The maximum atomic E-state index is 13.2. The van der Waals surface area contributed by atoms with Crippen LogP contribution in [0, 0.1) is 17.5 Å². The monoisotopic (exact) mass is 219 g/mol. The summed E-state index contributed by atoms with van der Waals surface area (Å²) in [6, 6.07) is 0.466. The number of esters is 1. The lowest BCUT2D eigenvalue weighted by Gasteiger charge is -2.06. The number of rotatable bonds is 2. The van der Waals surface area contributed by atoms with Gasteiger partial charge in [-0.2, -0.15) is 0 Å². The van der Waals surface area contributed by atoms with Gasteiger partial charge in [0.2, 0.25) is 0 Å². The number of hydrogen-bond donors (Lipinski definition) is 1. The predicted octanol–water partition coefficient (Wildman–Crippen LogP) is 1.86. The van der Waals surface area contributed by atoms with E-state index in [4.69, 9.17) is 5.73 Å². The van der Waals surface area contributed by atoms with Crippen LogP contribution in [0.2, 0.25) is 0 Å². The van der Waals surface area contributed by atoms with Gasteiger partial charge in [-0.25, -0.2) is 18.0 Å². The molecule has 1 aromatic rings. The van der Waals surface area contributed by atoms with E-state index in [-0.39, 0.29) is 6.61 Å². The number of ether oxygens (including phenoxy) is 1. The predicted molar refractivity (Wildman–Crippen MR) is 46.7 cm³/mol. The highest BCUT2D eigenvalue weighted by Crippen LogP contribution is 2.22. The van der Waals surface area contributed by atoms with Gasteiger partial charge in [0.05, 0.1) is 12.3 Å². The third-order valence-electron chi connectivity index (χ3n) is 1.66. The number of carbonyl (C=O) groups excluding carboxylic acids is 1. The fraction of sp³-hybridized carbons (Fsp3) is 0.222. The fourth-order valence-corrected chi connectivity index (χ4v) is 1.01. The van der Waals surface area contributed by atoms with E-state index in [1.165, 1.54) is 6.92 Å². The lowest BCUT2D eigenvalue weighted by molar-refractivity contribution is 0.0514. The van der Waals surface area contributed by atoms with E-state index in [1.807, 2.05) is 0 Å². The van der Waals surface area contributed by atoms with Crippen molar-refractivity contribution >= 4 is 11.7 Å². The van der Waals surface area contributed by atoms with Crippen LogP contribution in [-0.2, 0) is 4.74 Å². The topological polar surface area (TPSA) is 52.3 Å². The molecule has 0 aliphatic heterocycles. The van der Waals surface area contributed by atoms with Crippen LogP contribution in [-0.4, -0.2) is 12.6 Å². The molecule has 3 nitrogen and oxygen atoms in total. The number of anilines is 1. The molecule has 0 saturated carbocycles. The van der Waals surface area contributed by atoms with Crippen LogP contribution in [0.25, 0.3) is 0 Å². The molecule has 0 aromatic heterocycles. The van der Waals surface area contributed by atoms with Crippen molar-refractivity contribution in [3.05, 3.63) is 29.1 Å². The Morgan fingerprint density at radius 2 is 2.00 bits per heavy atom. The molecule has 0 saturated heterocycles. The van der Waals surface area contributed by atoms with E-state index >= 15 is 0 Å². The minimum atomic E-state index is -1.60. The lowest BCUT2D eigenvalue weighted by Crippen LogP contribution is -2.13. The molecule has 0 amide bonds. The Morgan fingerprint density at radius 3 is 2.53 bits per heavy atom. The summed E-state index contributed by atoms with van der Waals surface area (Å²) in [7, 11) is 0. The van der Waals surface area contributed by atoms with Crippen LogP contribution in [0.1, 0.15) is 17.3 Å². The van der Waals surface area contributed by atoms with Crippen LogP contribution in [0.15, 0.2) is 6.07 Å². The Kier molecular flexibility index (Phi) is 3.18. The quantitative estimate of drug-likeness (QED) is 0.469. The Bertz CT molecular complexity index is 381.